The minimum atomic E-state index is 0.271. The molecule has 0 spiro atoms. The van der Waals surface area contributed by atoms with Gasteiger partial charge in [0, 0.05) is 17.7 Å². The smallest absolute Gasteiger partial charge is 0.0456 e. The fraction of sp³-hybridized carbons (Fsp3) is 0.571. The molecule has 1 aromatic rings. The fourth-order valence-electron chi connectivity index (χ4n) is 1.80. The van der Waals surface area contributed by atoms with Gasteiger partial charge < -0.3 is 10.4 Å². The van der Waals surface area contributed by atoms with Crippen molar-refractivity contribution in [1.82, 2.24) is 5.32 Å². The summed E-state index contributed by atoms with van der Waals surface area (Å²) in [6, 6.07) is 8.20. The van der Waals surface area contributed by atoms with Gasteiger partial charge in [0.15, 0.2) is 0 Å². The van der Waals surface area contributed by atoms with Crippen LogP contribution in [0.1, 0.15) is 38.3 Å². The van der Waals surface area contributed by atoms with E-state index in [9.17, 15) is 0 Å². The van der Waals surface area contributed by atoms with Crippen LogP contribution in [0.2, 0.25) is 5.02 Å². The van der Waals surface area contributed by atoms with Crippen molar-refractivity contribution in [3.63, 3.8) is 0 Å². The molecule has 0 aliphatic carbocycles. The van der Waals surface area contributed by atoms with Crippen LogP contribution in [0, 0.1) is 5.92 Å². The van der Waals surface area contributed by atoms with E-state index < -0.39 is 0 Å². The molecule has 2 unspecified atom stereocenters. The van der Waals surface area contributed by atoms with Gasteiger partial charge in [0.25, 0.3) is 0 Å². The lowest BCUT2D eigenvalue weighted by Gasteiger charge is -2.16. The lowest BCUT2D eigenvalue weighted by atomic mass is 10.1. The molecule has 2 nitrogen and oxygen atoms in total. The predicted octanol–water partition coefficient (Wildman–Crippen LogP) is 3.40. The summed E-state index contributed by atoms with van der Waals surface area (Å²) in [6.45, 7) is 5.42. The van der Waals surface area contributed by atoms with E-state index in [2.05, 4.69) is 25.2 Å². The molecule has 2 N–H and O–H groups in total. The standard InChI is InChI=1S/C14H22ClNO/c1-11(10-17)6-5-9-16-12(2)13-7-3-4-8-14(13)15/h3-4,7-8,11-12,16-17H,5-6,9-10H2,1-2H3. The van der Waals surface area contributed by atoms with Crippen LogP contribution >= 0.6 is 11.6 Å². The minimum Gasteiger partial charge on any atom is -0.396 e. The molecule has 17 heavy (non-hydrogen) atoms. The monoisotopic (exact) mass is 255 g/mol. The van der Waals surface area contributed by atoms with Crippen molar-refractivity contribution in [2.24, 2.45) is 5.92 Å². The molecule has 0 amide bonds. The summed E-state index contributed by atoms with van der Waals surface area (Å²) < 4.78 is 0. The van der Waals surface area contributed by atoms with Gasteiger partial charge >= 0.3 is 0 Å². The first-order valence-electron chi connectivity index (χ1n) is 6.23. The van der Waals surface area contributed by atoms with Gasteiger partial charge in [-0.15, -0.1) is 0 Å². The highest BCUT2D eigenvalue weighted by Crippen LogP contribution is 2.22. The van der Waals surface area contributed by atoms with Crippen LogP contribution in [0.25, 0.3) is 0 Å². The summed E-state index contributed by atoms with van der Waals surface area (Å²) >= 11 is 6.13. The van der Waals surface area contributed by atoms with Gasteiger partial charge in [-0.1, -0.05) is 36.7 Å². The molecule has 0 radical (unpaired) electrons. The Labute approximate surface area is 109 Å². The third kappa shape index (κ3) is 5.07. The quantitative estimate of drug-likeness (QED) is 0.732. The van der Waals surface area contributed by atoms with Gasteiger partial charge in [-0.3, -0.25) is 0 Å². The topological polar surface area (TPSA) is 32.3 Å². The lowest BCUT2D eigenvalue weighted by molar-refractivity contribution is 0.227. The summed E-state index contributed by atoms with van der Waals surface area (Å²) in [5, 5.41) is 13.2. The first kappa shape index (κ1) is 14.5. The highest BCUT2D eigenvalue weighted by Gasteiger charge is 2.08. The third-order valence-corrected chi connectivity index (χ3v) is 3.35. The Balaban J connectivity index is 2.30. The van der Waals surface area contributed by atoms with Crippen LogP contribution in [0.3, 0.4) is 0 Å². The first-order valence-corrected chi connectivity index (χ1v) is 6.61. The highest BCUT2D eigenvalue weighted by atomic mass is 35.5. The molecule has 0 heterocycles. The maximum Gasteiger partial charge on any atom is 0.0456 e. The zero-order valence-corrected chi connectivity index (χ0v) is 11.4. The van der Waals surface area contributed by atoms with Crippen LogP contribution in [0.5, 0.6) is 0 Å². The Morgan fingerprint density at radius 2 is 2.00 bits per heavy atom. The second-order valence-electron chi connectivity index (χ2n) is 4.63. The maximum absolute atomic E-state index is 8.92. The molecule has 0 aromatic heterocycles. The van der Waals surface area contributed by atoms with Crippen molar-refractivity contribution in [2.75, 3.05) is 13.2 Å². The molecule has 3 heteroatoms. The molecule has 0 aliphatic heterocycles. The number of aliphatic hydroxyl groups is 1. The first-order chi connectivity index (χ1) is 8.15. The van der Waals surface area contributed by atoms with Crippen LogP contribution in [0.15, 0.2) is 24.3 Å². The van der Waals surface area contributed by atoms with Gasteiger partial charge in [0.2, 0.25) is 0 Å². The number of hydrogen-bond donors (Lipinski definition) is 2. The third-order valence-electron chi connectivity index (χ3n) is 3.01. The zero-order chi connectivity index (χ0) is 12.7. The van der Waals surface area contributed by atoms with Crippen molar-refractivity contribution < 1.29 is 5.11 Å². The van der Waals surface area contributed by atoms with E-state index in [4.69, 9.17) is 16.7 Å². The Morgan fingerprint density at radius 1 is 1.29 bits per heavy atom. The molecule has 1 aromatic carbocycles. The van der Waals surface area contributed by atoms with E-state index >= 15 is 0 Å². The molecular weight excluding hydrogens is 234 g/mol. The number of hydrogen-bond acceptors (Lipinski definition) is 2. The molecule has 0 bridgehead atoms. The van der Waals surface area contributed by atoms with Crippen molar-refractivity contribution in [3.05, 3.63) is 34.9 Å². The second-order valence-corrected chi connectivity index (χ2v) is 5.03. The number of rotatable bonds is 7. The van der Waals surface area contributed by atoms with Gasteiger partial charge in [-0.2, -0.15) is 0 Å². The van der Waals surface area contributed by atoms with Gasteiger partial charge in [0.05, 0.1) is 0 Å². The SMILES string of the molecule is CC(CO)CCCNC(C)c1ccccc1Cl. The Kier molecular flexibility index (Phi) is 6.56. The Hall–Kier alpha value is -0.570. The van der Waals surface area contributed by atoms with Gasteiger partial charge in [-0.05, 0) is 43.9 Å². The molecular formula is C14H22ClNO. The van der Waals surface area contributed by atoms with Crippen molar-refractivity contribution >= 4 is 11.6 Å². The molecule has 0 saturated heterocycles. The van der Waals surface area contributed by atoms with E-state index in [0.717, 1.165) is 30.0 Å². The Morgan fingerprint density at radius 3 is 2.65 bits per heavy atom. The predicted molar refractivity (Wildman–Crippen MR) is 73.4 cm³/mol. The zero-order valence-electron chi connectivity index (χ0n) is 10.6. The summed E-state index contributed by atoms with van der Waals surface area (Å²) in [4.78, 5) is 0. The minimum absolute atomic E-state index is 0.271. The highest BCUT2D eigenvalue weighted by molar-refractivity contribution is 6.31. The lowest BCUT2D eigenvalue weighted by Crippen LogP contribution is -2.20. The largest absolute Gasteiger partial charge is 0.396 e. The normalized spacial score (nSPS) is 14.6. The molecule has 96 valence electrons. The van der Waals surface area contributed by atoms with E-state index in [1.54, 1.807) is 0 Å². The molecule has 2 atom stereocenters. The second kappa shape index (κ2) is 7.70. The van der Waals surface area contributed by atoms with Crippen LogP contribution in [-0.2, 0) is 0 Å². The average Bonchev–Trinajstić information content (AvgIpc) is 2.34. The van der Waals surface area contributed by atoms with E-state index in [0.29, 0.717) is 5.92 Å². The fourth-order valence-corrected chi connectivity index (χ4v) is 2.10. The number of halogens is 1. The summed E-state index contributed by atoms with van der Waals surface area (Å²) in [5.41, 5.74) is 1.14. The summed E-state index contributed by atoms with van der Waals surface area (Å²) in [5.74, 6) is 0.396. The number of benzene rings is 1. The van der Waals surface area contributed by atoms with E-state index in [-0.39, 0.29) is 12.6 Å². The van der Waals surface area contributed by atoms with Gasteiger partial charge in [0.1, 0.15) is 0 Å². The van der Waals surface area contributed by atoms with Crippen LogP contribution in [-0.4, -0.2) is 18.3 Å². The maximum atomic E-state index is 8.92. The number of nitrogens with one attached hydrogen (secondary N) is 1. The van der Waals surface area contributed by atoms with E-state index in [1.165, 1.54) is 0 Å². The molecule has 1 rings (SSSR count). The van der Waals surface area contributed by atoms with E-state index in [1.807, 2.05) is 18.2 Å². The molecule has 0 fully saturated rings. The number of aliphatic hydroxyl groups excluding tert-OH is 1. The van der Waals surface area contributed by atoms with Crippen molar-refractivity contribution in [1.29, 1.82) is 0 Å². The summed E-state index contributed by atoms with van der Waals surface area (Å²) in [7, 11) is 0. The van der Waals surface area contributed by atoms with Crippen LogP contribution in [0.4, 0.5) is 0 Å². The molecule has 0 aliphatic rings. The van der Waals surface area contributed by atoms with Crippen LogP contribution < -0.4 is 5.32 Å². The van der Waals surface area contributed by atoms with Crippen molar-refractivity contribution in [3.8, 4) is 0 Å². The average molecular weight is 256 g/mol. The summed E-state index contributed by atoms with van der Waals surface area (Å²) in [6.07, 6.45) is 2.13. The Bertz CT molecular complexity index is 330. The van der Waals surface area contributed by atoms with Crippen molar-refractivity contribution in [2.45, 2.75) is 32.7 Å². The molecule has 0 saturated carbocycles. The van der Waals surface area contributed by atoms with Gasteiger partial charge in [-0.25, -0.2) is 0 Å².